The zero-order valence-electron chi connectivity index (χ0n) is 18.7. The Bertz CT molecular complexity index is 1450. The standard InChI is InChI=1S/C26H23FN4O3S/c27-24-8-4-19(5-9-24)3-6-22-14-23(26(32)29-12-1-2-20-16-30-31-17-20)7-10-25(22)35(33,34)18-21-11-13-28-15-21/h4-5,7-11,13-17,28H,1-2,12,18H2,(H,29,32)(H,30,31). The van der Waals surface area contributed by atoms with Crippen LogP contribution < -0.4 is 5.32 Å². The first-order chi connectivity index (χ1) is 16.9. The maximum atomic E-state index is 13.2. The van der Waals surface area contributed by atoms with E-state index < -0.39 is 15.7 Å². The van der Waals surface area contributed by atoms with E-state index in [1.807, 2.05) is 0 Å². The van der Waals surface area contributed by atoms with Crippen molar-refractivity contribution in [3.8, 4) is 11.8 Å². The molecule has 178 valence electrons. The van der Waals surface area contributed by atoms with Gasteiger partial charge in [-0.3, -0.25) is 9.89 Å². The minimum Gasteiger partial charge on any atom is -0.367 e. The van der Waals surface area contributed by atoms with Crippen molar-refractivity contribution in [3.63, 3.8) is 0 Å². The van der Waals surface area contributed by atoms with Crippen LogP contribution in [0.15, 0.2) is 78.2 Å². The summed E-state index contributed by atoms with van der Waals surface area (Å²) in [6, 6.07) is 11.6. The number of rotatable bonds is 8. The number of H-pyrrole nitrogens is 2. The lowest BCUT2D eigenvalue weighted by Gasteiger charge is -2.10. The summed E-state index contributed by atoms with van der Waals surface area (Å²) in [5, 5.41) is 9.49. The van der Waals surface area contributed by atoms with Gasteiger partial charge in [0.15, 0.2) is 9.84 Å². The molecule has 0 aliphatic heterocycles. The molecule has 35 heavy (non-hydrogen) atoms. The van der Waals surface area contributed by atoms with Gasteiger partial charge in [-0.2, -0.15) is 5.10 Å². The number of hydrogen-bond donors (Lipinski definition) is 3. The number of benzene rings is 2. The highest BCUT2D eigenvalue weighted by Crippen LogP contribution is 2.22. The number of nitrogens with zero attached hydrogens (tertiary/aromatic N) is 1. The zero-order valence-corrected chi connectivity index (χ0v) is 19.5. The Morgan fingerprint density at radius 3 is 2.57 bits per heavy atom. The van der Waals surface area contributed by atoms with E-state index in [2.05, 4.69) is 32.3 Å². The van der Waals surface area contributed by atoms with Gasteiger partial charge in [-0.25, -0.2) is 12.8 Å². The summed E-state index contributed by atoms with van der Waals surface area (Å²) >= 11 is 0. The molecule has 0 fully saturated rings. The average molecular weight is 491 g/mol. The highest BCUT2D eigenvalue weighted by Gasteiger charge is 2.21. The van der Waals surface area contributed by atoms with Crippen molar-refractivity contribution in [1.82, 2.24) is 20.5 Å². The maximum Gasteiger partial charge on any atom is 0.251 e. The van der Waals surface area contributed by atoms with Crippen LogP contribution in [-0.2, 0) is 22.0 Å². The van der Waals surface area contributed by atoms with Gasteiger partial charge in [0.25, 0.3) is 5.91 Å². The summed E-state index contributed by atoms with van der Waals surface area (Å²) in [4.78, 5) is 15.6. The third-order valence-corrected chi connectivity index (χ3v) is 7.00. The van der Waals surface area contributed by atoms with E-state index in [4.69, 9.17) is 0 Å². The molecule has 0 bridgehead atoms. The highest BCUT2D eigenvalue weighted by atomic mass is 32.2. The summed E-state index contributed by atoms with van der Waals surface area (Å²) in [7, 11) is -3.74. The summed E-state index contributed by atoms with van der Waals surface area (Å²) in [6.07, 6.45) is 8.31. The lowest BCUT2D eigenvalue weighted by molar-refractivity contribution is 0.0953. The molecular weight excluding hydrogens is 467 g/mol. The van der Waals surface area contributed by atoms with E-state index in [0.717, 1.165) is 18.4 Å². The van der Waals surface area contributed by atoms with Crippen molar-refractivity contribution in [2.45, 2.75) is 23.5 Å². The van der Waals surface area contributed by atoms with Crippen molar-refractivity contribution in [3.05, 3.63) is 107 Å². The molecule has 0 unspecified atom stereocenters. The van der Waals surface area contributed by atoms with E-state index in [1.54, 1.807) is 30.9 Å². The number of nitrogens with one attached hydrogen (secondary N) is 3. The van der Waals surface area contributed by atoms with Gasteiger partial charge < -0.3 is 10.3 Å². The van der Waals surface area contributed by atoms with Gasteiger partial charge in [-0.15, -0.1) is 0 Å². The Balaban J connectivity index is 1.57. The predicted molar refractivity (Wildman–Crippen MR) is 130 cm³/mol. The molecule has 2 aromatic carbocycles. The lowest BCUT2D eigenvalue weighted by Crippen LogP contribution is -2.25. The molecule has 3 N–H and O–H groups in total. The van der Waals surface area contributed by atoms with Crippen molar-refractivity contribution in [2.24, 2.45) is 0 Å². The Kier molecular flexibility index (Phi) is 7.43. The van der Waals surface area contributed by atoms with Crippen LogP contribution >= 0.6 is 0 Å². The smallest absolute Gasteiger partial charge is 0.251 e. The van der Waals surface area contributed by atoms with E-state index in [0.29, 0.717) is 23.2 Å². The van der Waals surface area contributed by atoms with Gasteiger partial charge in [-0.05, 0) is 72.5 Å². The third kappa shape index (κ3) is 6.46. The number of carbonyl (C=O) groups is 1. The number of aryl methyl sites for hydroxylation is 1. The number of amides is 1. The fourth-order valence-electron chi connectivity index (χ4n) is 3.47. The Morgan fingerprint density at radius 1 is 1.03 bits per heavy atom. The summed E-state index contributed by atoms with van der Waals surface area (Å²) in [5.41, 5.74) is 2.69. The molecule has 0 saturated heterocycles. The number of aromatic nitrogens is 3. The maximum absolute atomic E-state index is 13.2. The molecule has 9 heteroatoms. The molecule has 7 nitrogen and oxygen atoms in total. The summed E-state index contributed by atoms with van der Waals surface area (Å²) < 4.78 is 39.5. The van der Waals surface area contributed by atoms with E-state index in [9.17, 15) is 17.6 Å². The predicted octanol–water partition coefficient (Wildman–Crippen LogP) is 3.61. The fraction of sp³-hybridized carbons (Fsp3) is 0.154. The van der Waals surface area contributed by atoms with Gasteiger partial charge in [0.2, 0.25) is 0 Å². The van der Waals surface area contributed by atoms with Crippen LogP contribution in [0.3, 0.4) is 0 Å². The molecular formula is C26H23FN4O3S. The monoisotopic (exact) mass is 490 g/mol. The largest absolute Gasteiger partial charge is 0.367 e. The first-order valence-corrected chi connectivity index (χ1v) is 12.6. The normalized spacial score (nSPS) is 11.0. The van der Waals surface area contributed by atoms with Gasteiger partial charge in [0.05, 0.1) is 16.8 Å². The van der Waals surface area contributed by atoms with Crippen LogP contribution in [0.5, 0.6) is 0 Å². The number of carbonyl (C=O) groups excluding carboxylic acids is 1. The molecule has 2 heterocycles. The van der Waals surface area contributed by atoms with Crippen LogP contribution in [0.25, 0.3) is 0 Å². The molecule has 2 aromatic heterocycles. The van der Waals surface area contributed by atoms with Crippen molar-refractivity contribution in [2.75, 3.05) is 6.54 Å². The topological polar surface area (TPSA) is 108 Å². The molecule has 0 spiro atoms. The van der Waals surface area contributed by atoms with Crippen molar-refractivity contribution >= 4 is 15.7 Å². The van der Waals surface area contributed by atoms with Crippen LogP contribution in [0, 0.1) is 17.7 Å². The number of aromatic amines is 2. The number of sulfone groups is 1. The molecule has 1 amide bonds. The second kappa shape index (κ2) is 10.8. The van der Waals surface area contributed by atoms with E-state index >= 15 is 0 Å². The number of hydrogen-bond acceptors (Lipinski definition) is 4. The van der Waals surface area contributed by atoms with Crippen molar-refractivity contribution < 1.29 is 17.6 Å². The molecule has 0 aliphatic rings. The molecule has 4 aromatic rings. The van der Waals surface area contributed by atoms with E-state index in [1.165, 1.54) is 42.5 Å². The average Bonchev–Trinajstić information content (AvgIpc) is 3.55. The summed E-state index contributed by atoms with van der Waals surface area (Å²) in [6.45, 7) is 0.453. The molecule has 4 rings (SSSR count). The zero-order chi connectivity index (χ0) is 24.7. The second-order valence-corrected chi connectivity index (χ2v) is 9.87. The van der Waals surface area contributed by atoms with Gasteiger partial charge in [-0.1, -0.05) is 11.8 Å². The lowest BCUT2D eigenvalue weighted by atomic mass is 10.1. The SMILES string of the molecule is O=C(NCCCc1cn[nH]c1)c1ccc(S(=O)(=O)Cc2cc[nH]c2)c(C#Cc2ccc(F)cc2)c1. The van der Waals surface area contributed by atoms with Gasteiger partial charge in [0.1, 0.15) is 5.82 Å². The Labute approximate surface area is 202 Å². The van der Waals surface area contributed by atoms with Crippen LogP contribution in [0.1, 0.15) is 39.0 Å². The fourth-order valence-corrected chi connectivity index (χ4v) is 4.96. The number of halogens is 1. The third-order valence-electron chi connectivity index (χ3n) is 5.26. The molecule has 0 radical (unpaired) electrons. The molecule has 0 saturated carbocycles. The first-order valence-electron chi connectivity index (χ1n) is 10.9. The quantitative estimate of drug-likeness (QED) is 0.259. The van der Waals surface area contributed by atoms with E-state index in [-0.39, 0.29) is 22.1 Å². The Morgan fingerprint density at radius 2 is 1.86 bits per heavy atom. The molecule has 0 aliphatic carbocycles. The highest BCUT2D eigenvalue weighted by molar-refractivity contribution is 7.90. The van der Waals surface area contributed by atoms with Crippen molar-refractivity contribution in [1.29, 1.82) is 0 Å². The van der Waals surface area contributed by atoms with Crippen LogP contribution in [-0.4, -0.2) is 36.1 Å². The van der Waals surface area contributed by atoms with Gasteiger partial charge in [0, 0.05) is 41.8 Å². The van der Waals surface area contributed by atoms with Gasteiger partial charge >= 0.3 is 0 Å². The summed E-state index contributed by atoms with van der Waals surface area (Å²) in [5.74, 6) is 4.81. The molecule has 0 atom stereocenters. The first kappa shape index (κ1) is 24.0. The second-order valence-electron chi connectivity index (χ2n) is 7.91. The van der Waals surface area contributed by atoms with Crippen LogP contribution in [0.2, 0.25) is 0 Å². The van der Waals surface area contributed by atoms with Crippen LogP contribution in [0.4, 0.5) is 4.39 Å². The minimum absolute atomic E-state index is 0.0322. The minimum atomic E-state index is -3.74. The Hall–Kier alpha value is -4.16.